The number of nitrogens with two attached hydrogens (primary N) is 1. The van der Waals surface area contributed by atoms with Crippen LogP contribution in [0.2, 0.25) is 0 Å². The van der Waals surface area contributed by atoms with Crippen LogP contribution in [0.15, 0.2) is 42.5 Å². The average molecular weight is 412 g/mol. The van der Waals surface area contributed by atoms with E-state index in [1.54, 1.807) is 0 Å². The van der Waals surface area contributed by atoms with Gasteiger partial charge in [0.25, 0.3) is 5.91 Å². The lowest BCUT2D eigenvalue weighted by molar-refractivity contribution is 0.0772. The molecule has 0 saturated carbocycles. The largest absolute Gasteiger partial charge is 0.474 e. The van der Waals surface area contributed by atoms with Gasteiger partial charge in [0.15, 0.2) is 0 Å². The Labute approximate surface area is 172 Å². The van der Waals surface area contributed by atoms with Crippen molar-refractivity contribution in [3.8, 4) is 17.0 Å². The third-order valence-electron chi connectivity index (χ3n) is 4.76. The first-order chi connectivity index (χ1) is 14.2. The van der Waals surface area contributed by atoms with Crippen LogP contribution in [0.3, 0.4) is 0 Å². The number of hydrogen-bond donors (Lipinski definition) is 1. The summed E-state index contributed by atoms with van der Waals surface area (Å²) in [6.07, 6.45) is 0. The Bertz CT molecular complexity index is 1020. The van der Waals surface area contributed by atoms with Crippen molar-refractivity contribution in [3.05, 3.63) is 48.0 Å². The summed E-state index contributed by atoms with van der Waals surface area (Å²) < 4.78 is 17.9. The summed E-state index contributed by atoms with van der Waals surface area (Å²) in [6.45, 7) is 0.874. The van der Waals surface area contributed by atoms with Crippen LogP contribution in [0.25, 0.3) is 22.0 Å². The van der Waals surface area contributed by atoms with Crippen molar-refractivity contribution in [1.82, 2.24) is 14.9 Å². The van der Waals surface area contributed by atoms with Crippen molar-refractivity contribution in [1.29, 1.82) is 0 Å². The predicted octanol–water partition coefficient (Wildman–Crippen LogP) is 3.42. The van der Waals surface area contributed by atoms with E-state index in [0.717, 1.165) is 35.7 Å². The molecule has 1 amide bonds. The Kier molecular flexibility index (Phi) is 5.80. The van der Waals surface area contributed by atoms with Gasteiger partial charge in [0.05, 0.1) is 10.9 Å². The summed E-state index contributed by atoms with van der Waals surface area (Å²) in [6, 6.07) is 13.2. The van der Waals surface area contributed by atoms with Gasteiger partial charge in [0, 0.05) is 30.2 Å². The highest BCUT2D eigenvalue weighted by molar-refractivity contribution is 7.99. The second-order valence-electron chi connectivity index (χ2n) is 6.64. The summed E-state index contributed by atoms with van der Waals surface area (Å²) in [5.41, 5.74) is 8.90. The number of anilines is 1. The van der Waals surface area contributed by atoms with Crippen LogP contribution in [0.1, 0.15) is 10.4 Å². The van der Waals surface area contributed by atoms with Gasteiger partial charge in [-0.3, -0.25) is 4.79 Å². The number of carbonyl (C=O) groups excluding carboxylic acids is 1. The van der Waals surface area contributed by atoms with Gasteiger partial charge < -0.3 is 15.4 Å². The second kappa shape index (κ2) is 8.65. The molecule has 0 spiro atoms. The minimum atomic E-state index is -0.615. The monoisotopic (exact) mass is 412 g/mol. The quantitative estimate of drug-likeness (QED) is 0.692. The average Bonchev–Trinajstić information content (AvgIpc) is 2.77. The van der Waals surface area contributed by atoms with Crippen LogP contribution in [0, 0.1) is 0 Å². The first kappa shape index (κ1) is 19.4. The summed E-state index contributed by atoms with van der Waals surface area (Å²) in [5, 5.41) is 0.663. The topological polar surface area (TPSA) is 81.3 Å². The van der Waals surface area contributed by atoms with Gasteiger partial charge in [-0.05, 0) is 35.4 Å². The van der Waals surface area contributed by atoms with Crippen molar-refractivity contribution in [3.63, 3.8) is 0 Å². The Hall–Kier alpha value is -2.87. The van der Waals surface area contributed by atoms with Crippen LogP contribution in [0.5, 0.6) is 5.88 Å². The lowest BCUT2D eigenvalue weighted by atomic mass is 10.0. The van der Waals surface area contributed by atoms with Crippen molar-refractivity contribution in [2.45, 2.75) is 0 Å². The van der Waals surface area contributed by atoms with E-state index in [4.69, 9.17) is 10.5 Å². The van der Waals surface area contributed by atoms with Crippen molar-refractivity contribution in [2.75, 3.05) is 43.6 Å². The SMILES string of the molecule is Nc1nc(OCCF)c2cc(-c3ccc(C(=O)N4CCSCC4)cc3)ccc2n1. The summed E-state index contributed by atoms with van der Waals surface area (Å²) in [7, 11) is 0. The van der Waals surface area contributed by atoms with Gasteiger partial charge in [-0.15, -0.1) is 0 Å². The molecule has 0 bridgehead atoms. The van der Waals surface area contributed by atoms with E-state index < -0.39 is 6.67 Å². The number of benzene rings is 2. The van der Waals surface area contributed by atoms with Crippen molar-refractivity contribution < 1.29 is 13.9 Å². The fourth-order valence-electron chi connectivity index (χ4n) is 3.30. The molecule has 1 saturated heterocycles. The highest BCUT2D eigenvalue weighted by Crippen LogP contribution is 2.29. The Balaban J connectivity index is 1.62. The molecule has 1 aliphatic heterocycles. The zero-order chi connectivity index (χ0) is 20.2. The molecule has 0 aliphatic carbocycles. The molecular formula is C21H21FN4O2S. The number of amides is 1. The standard InChI is InChI=1S/C21H21FN4O2S/c22-7-10-28-19-17-13-16(5-6-18(17)24-21(23)25-19)14-1-3-15(4-2-14)20(27)26-8-11-29-12-9-26/h1-6,13H,7-12H2,(H2,23,24,25). The maximum absolute atomic E-state index is 12.6. The Morgan fingerprint density at radius 3 is 2.55 bits per heavy atom. The molecule has 8 heteroatoms. The van der Waals surface area contributed by atoms with E-state index in [2.05, 4.69) is 9.97 Å². The number of rotatable bonds is 5. The fraction of sp³-hybridized carbons (Fsp3) is 0.286. The molecule has 0 radical (unpaired) electrons. The molecule has 2 aromatic carbocycles. The Morgan fingerprint density at radius 1 is 1.10 bits per heavy atom. The van der Waals surface area contributed by atoms with Crippen LogP contribution in [-0.2, 0) is 0 Å². The van der Waals surface area contributed by atoms with Crippen molar-refractivity contribution >= 4 is 34.5 Å². The van der Waals surface area contributed by atoms with E-state index in [1.807, 2.05) is 59.1 Å². The number of aromatic nitrogens is 2. The van der Waals surface area contributed by atoms with E-state index >= 15 is 0 Å². The number of nitrogens with zero attached hydrogens (tertiary/aromatic N) is 3. The molecule has 1 aliphatic rings. The lowest BCUT2D eigenvalue weighted by Gasteiger charge is -2.26. The maximum atomic E-state index is 12.6. The summed E-state index contributed by atoms with van der Waals surface area (Å²) in [4.78, 5) is 22.8. The fourth-order valence-corrected chi connectivity index (χ4v) is 4.20. The van der Waals surface area contributed by atoms with Crippen LogP contribution in [0.4, 0.5) is 10.3 Å². The minimum absolute atomic E-state index is 0.0705. The van der Waals surface area contributed by atoms with Gasteiger partial charge in [-0.25, -0.2) is 9.37 Å². The molecule has 29 heavy (non-hydrogen) atoms. The smallest absolute Gasteiger partial charge is 0.253 e. The van der Waals surface area contributed by atoms with Gasteiger partial charge in [-0.1, -0.05) is 18.2 Å². The molecule has 0 unspecified atom stereocenters. The summed E-state index contributed by atoms with van der Waals surface area (Å²) in [5.74, 6) is 2.39. The first-order valence-electron chi connectivity index (χ1n) is 9.39. The first-order valence-corrected chi connectivity index (χ1v) is 10.5. The molecule has 0 atom stereocenters. The highest BCUT2D eigenvalue weighted by atomic mass is 32.2. The number of ether oxygens (including phenoxy) is 1. The molecule has 1 aromatic heterocycles. The Morgan fingerprint density at radius 2 is 1.83 bits per heavy atom. The van der Waals surface area contributed by atoms with Gasteiger partial charge in [0.1, 0.15) is 13.3 Å². The number of halogens is 1. The molecule has 4 rings (SSSR count). The normalized spacial score (nSPS) is 14.2. The zero-order valence-electron chi connectivity index (χ0n) is 15.8. The second-order valence-corrected chi connectivity index (χ2v) is 7.86. The number of nitrogen functional groups attached to an aromatic ring is 1. The molecular weight excluding hydrogens is 391 g/mol. The number of hydrogen-bond acceptors (Lipinski definition) is 6. The third kappa shape index (κ3) is 4.27. The number of alkyl halides is 1. The van der Waals surface area contributed by atoms with Crippen LogP contribution in [-0.4, -0.2) is 58.7 Å². The van der Waals surface area contributed by atoms with Crippen LogP contribution < -0.4 is 10.5 Å². The zero-order valence-corrected chi connectivity index (χ0v) is 16.6. The van der Waals surface area contributed by atoms with E-state index in [-0.39, 0.29) is 24.3 Å². The highest BCUT2D eigenvalue weighted by Gasteiger charge is 2.18. The van der Waals surface area contributed by atoms with E-state index in [9.17, 15) is 9.18 Å². The minimum Gasteiger partial charge on any atom is -0.474 e. The van der Waals surface area contributed by atoms with Crippen molar-refractivity contribution in [2.24, 2.45) is 0 Å². The molecule has 150 valence electrons. The van der Waals surface area contributed by atoms with E-state index in [0.29, 0.717) is 16.5 Å². The molecule has 2 heterocycles. The predicted molar refractivity (Wildman–Crippen MR) is 114 cm³/mol. The summed E-state index contributed by atoms with van der Waals surface area (Å²) >= 11 is 1.88. The number of thioether (sulfide) groups is 1. The van der Waals surface area contributed by atoms with Gasteiger partial charge in [0.2, 0.25) is 11.8 Å². The molecule has 1 fully saturated rings. The third-order valence-corrected chi connectivity index (χ3v) is 5.70. The van der Waals surface area contributed by atoms with Gasteiger partial charge in [-0.2, -0.15) is 16.7 Å². The molecule has 3 aromatic rings. The van der Waals surface area contributed by atoms with E-state index in [1.165, 1.54) is 0 Å². The molecule has 6 nitrogen and oxygen atoms in total. The molecule has 2 N–H and O–H groups in total. The maximum Gasteiger partial charge on any atom is 0.253 e. The number of carbonyl (C=O) groups is 1. The van der Waals surface area contributed by atoms with Crippen LogP contribution >= 0.6 is 11.8 Å². The number of fused-ring (bicyclic) bond motifs is 1. The van der Waals surface area contributed by atoms with Gasteiger partial charge >= 0.3 is 0 Å². The lowest BCUT2D eigenvalue weighted by Crippen LogP contribution is -2.37.